The number of ether oxygens (including phenoxy) is 3. The number of methoxy groups -OCH3 is 3. The van der Waals surface area contributed by atoms with Crippen LogP contribution in [0.15, 0.2) is 36.4 Å². The van der Waals surface area contributed by atoms with Crippen molar-refractivity contribution in [1.82, 2.24) is 0 Å². The standard InChI is InChI=1S/C19H21NO5/c1-12(21)14-10-17(24-3)18(25-4)11-15(14)20-19(22)9-13-7-5-6-8-16(13)23-2/h5-8,10-11H,9H2,1-4H3,(H,20,22). The number of carbonyl (C=O) groups is 2. The predicted octanol–water partition coefficient (Wildman–Crippen LogP) is 3.10. The summed E-state index contributed by atoms with van der Waals surface area (Å²) in [6.07, 6.45) is 0.121. The van der Waals surface area contributed by atoms with Crippen molar-refractivity contribution in [3.63, 3.8) is 0 Å². The van der Waals surface area contributed by atoms with Crippen LogP contribution in [-0.2, 0) is 11.2 Å². The Balaban J connectivity index is 2.29. The summed E-state index contributed by atoms with van der Waals surface area (Å²) in [7, 11) is 4.53. The molecule has 0 saturated carbocycles. The molecule has 0 unspecified atom stereocenters. The molecule has 6 heteroatoms. The van der Waals surface area contributed by atoms with Gasteiger partial charge in [-0.25, -0.2) is 0 Å². The topological polar surface area (TPSA) is 73.9 Å². The van der Waals surface area contributed by atoms with Gasteiger partial charge in [0.1, 0.15) is 5.75 Å². The minimum Gasteiger partial charge on any atom is -0.496 e. The normalized spacial score (nSPS) is 10.1. The lowest BCUT2D eigenvalue weighted by molar-refractivity contribution is -0.115. The van der Waals surface area contributed by atoms with Gasteiger partial charge in [0.2, 0.25) is 5.91 Å². The second kappa shape index (κ2) is 8.19. The molecule has 2 rings (SSSR count). The molecule has 1 amide bonds. The zero-order valence-electron chi connectivity index (χ0n) is 14.7. The van der Waals surface area contributed by atoms with E-state index in [9.17, 15) is 9.59 Å². The zero-order valence-corrected chi connectivity index (χ0v) is 14.7. The van der Waals surface area contributed by atoms with Crippen LogP contribution in [0.25, 0.3) is 0 Å². The summed E-state index contributed by atoms with van der Waals surface area (Å²) in [5.74, 6) is 1.04. The number of nitrogens with one attached hydrogen (secondary N) is 1. The number of para-hydroxylation sites is 1. The van der Waals surface area contributed by atoms with E-state index in [1.54, 1.807) is 25.3 Å². The molecule has 0 spiro atoms. The summed E-state index contributed by atoms with van der Waals surface area (Å²) in [6, 6.07) is 10.4. The maximum absolute atomic E-state index is 12.4. The Morgan fingerprint density at radius 2 is 1.52 bits per heavy atom. The van der Waals surface area contributed by atoms with Gasteiger partial charge in [-0.2, -0.15) is 0 Å². The Bertz CT molecular complexity index is 785. The van der Waals surface area contributed by atoms with Crippen LogP contribution in [0, 0.1) is 0 Å². The number of amides is 1. The molecule has 2 aromatic rings. The molecule has 0 saturated heterocycles. The van der Waals surface area contributed by atoms with Gasteiger partial charge in [0.25, 0.3) is 0 Å². The number of hydrogen-bond donors (Lipinski definition) is 1. The van der Waals surface area contributed by atoms with Crippen molar-refractivity contribution < 1.29 is 23.8 Å². The van der Waals surface area contributed by atoms with E-state index >= 15 is 0 Å². The van der Waals surface area contributed by atoms with Crippen LogP contribution in [-0.4, -0.2) is 33.0 Å². The molecule has 0 atom stereocenters. The van der Waals surface area contributed by atoms with Crippen molar-refractivity contribution in [1.29, 1.82) is 0 Å². The molecule has 0 bridgehead atoms. The number of ketones is 1. The van der Waals surface area contributed by atoms with Crippen LogP contribution < -0.4 is 19.5 Å². The average Bonchev–Trinajstić information content (AvgIpc) is 2.61. The van der Waals surface area contributed by atoms with E-state index < -0.39 is 0 Å². The van der Waals surface area contributed by atoms with Crippen LogP contribution in [0.1, 0.15) is 22.8 Å². The van der Waals surface area contributed by atoms with Gasteiger partial charge in [0.05, 0.1) is 33.4 Å². The number of Topliss-reactive ketones (excluding diaryl/α,β-unsaturated/α-hetero) is 1. The second-order valence-electron chi connectivity index (χ2n) is 5.35. The predicted molar refractivity (Wildman–Crippen MR) is 94.9 cm³/mol. The third-order valence-corrected chi connectivity index (χ3v) is 3.72. The van der Waals surface area contributed by atoms with E-state index in [1.807, 2.05) is 18.2 Å². The monoisotopic (exact) mass is 343 g/mol. The van der Waals surface area contributed by atoms with Gasteiger partial charge in [-0.1, -0.05) is 18.2 Å². The highest BCUT2D eigenvalue weighted by molar-refractivity contribution is 6.05. The van der Waals surface area contributed by atoms with Crippen molar-refractivity contribution in [2.75, 3.05) is 26.6 Å². The van der Waals surface area contributed by atoms with E-state index in [1.165, 1.54) is 21.1 Å². The van der Waals surface area contributed by atoms with Crippen LogP contribution in [0.3, 0.4) is 0 Å². The minimum absolute atomic E-state index is 0.121. The summed E-state index contributed by atoms with van der Waals surface area (Å²) < 4.78 is 15.7. The first-order valence-electron chi connectivity index (χ1n) is 7.68. The van der Waals surface area contributed by atoms with E-state index in [-0.39, 0.29) is 18.1 Å². The molecule has 0 aliphatic carbocycles. The van der Waals surface area contributed by atoms with E-state index in [0.29, 0.717) is 28.5 Å². The highest BCUT2D eigenvalue weighted by atomic mass is 16.5. The van der Waals surface area contributed by atoms with Gasteiger partial charge in [-0.05, 0) is 19.1 Å². The van der Waals surface area contributed by atoms with Gasteiger partial charge in [0, 0.05) is 17.2 Å². The van der Waals surface area contributed by atoms with Gasteiger partial charge >= 0.3 is 0 Å². The van der Waals surface area contributed by atoms with Crippen molar-refractivity contribution in [2.45, 2.75) is 13.3 Å². The van der Waals surface area contributed by atoms with Gasteiger partial charge in [-0.3, -0.25) is 9.59 Å². The first-order chi connectivity index (χ1) is 12.0. The Morgan fingerprint density at radius 1 is 0.920 bits per heavy atom. The number of anilines is 1. The fourth-order valence-corrected chi connectivity index (χ4v) is 2.49. The van der Waals surface area contributed by atoms with Crippen LogP contribution >= 0.6 is 0 Å². The third-order valence-electron chi connectivity index (χ3n) is 3.72. The zero-order chi connectivity index (χ0) is 18.4. The summed E-state index contributed by atoms with van der Waals surface area (Å²) in [4.78, 5) is 24.3. The average molecular weight is 343 g/mol. The summed E-state index contributed by atoms with van der Waals surface area (Å²) in [6.45, 7) is 1.43. The van der Waals surface area contributed by atoms with Crippen molar-refractivity contribution in [3.05, 3.63) is 47.5 Å². The van der Waals surface area contributed by atoms with Crippen LogP contribution in [0.5, 0.6) is 17.2 Å². The highest BCUT2D eigenvalue weighted by Gasteiger charge is 2.17. The lowest BCUT2D eigenvalue weighted by Crippen LogP contribution is -2.17. The smallest absolute Gasteiger partial charge is 0.228 e. The molecule has 0 aliphatic rings. The SMILES string of the molecule is COc1ccccc1CC(=O)Nc1cc(OC)c(OC)cc1C(C)=O. The number of carbonyl (C=O) groups excluding carboxylic acids is 2. The fraction of sp³-hybridized carbons (Fsp3) is 0.263. The molecule has 0 fully saturated rings. The van der Waals surface area contributed by atoms with Crippen molar-refractivity contribution in [3.8, 4) is 17.2 Å². The molecular formula is C19H21NO5. The van der Waals surface area contributed by atoms with Crippen LogP contribution in [0.4, 0.5) is 5.69 Å². The molecular weight excluding hydrogens is 322 g/mol. The Labute approximate surface area is 146 Å². The maximum atomic E-state index is 12.4. The summed E-state index contributed by atoms with van der Waals surface area (Å²) in [5, 5.41) is 2.77. The highest BCUT2D eigenvalue weighted by Crippen LogP contribution is 2.33. The van der Waals surface area contributed by atoms with Crippen molar-refractivity contribution >= 4 is 17.4 Å². The second-order valence-corrected chi connectivity index (χ2v) is 5.35. The lowest BCUT2D eigenvalue weighted by Gasteiger charge is -2.15. The maximum Gasteiger partial charge on any atom is 0.228 e. The first-order valence-corrected chi connectivity index (χ1v) is 7.68. The van der Waals surface area contributed by atoms with E-state index in [4.69, 9.17) is 14.2 Å². The molecule has 0 aromatic heterocycles. The quantitative estimate of drug-likeness (QED) is 0.782. The van der Waals surface area contributed by atoms with Gasteiger partial charge < -0.3 is 19.5 Å². The Kier molecular flexibility index (Phi) is 6.00. The minimum atomic E-state index is -0.265. The molecule has 132 valence electrons. The summed E-state index contributed by atoms with van der Waals surface area (Å²) in [5.41, 5.74) is 1.49. The fourth-order valence-electron chi connectivity index (χ4n) is 2.49. The van der Waals surface area contributed by atoms with Gasteiger partial charge in [-0.15, -0.1) is 0 Å². The molecule has 25 heavy (non-hydrogen) atoms. The first kappa shape index (κ1) is 18.3. The molecule has 0 aliphatic heterocycles. The molecule has 1 N–H and O–H groups in total. The van der Waals surface area contributed by atoms with E-state index in [2.05, 4.69) is 5.32 Å². The Hall–Kier alpha value is -3.02. The number of benzene rings is 2. The number of hydrogen-bond acceptors (Lipinski definition) is 5. The largest absolute Gasteiger partial charge is 0.496 e. The number of rotatable bonds is 7. The molecule has 0 heterocycles. The molecule has 2 aromatic carbocycles. The van der Waals surface area contributed by atoms with E-state index in [0.717, 1.165) is 5.56 Å². The Morgan fingerprint density at radius 3 is 2.12 bits per heavy atom. The summed E-state index contributed by atoms with van der Waals surface area (Å²) >= 11 is 0. The van der Waals surface area contributed by atoms with Crippen LogP contribution in [0.2, 0.25) is 0 Å². The van der Waals surface area contributed by atoms with Crippen molar-refractivity contribution in [2.24, 2.45) is 0 Å². The molecule has 6 nitrogen and oxygen atoms in total. The molecule has 0 radical (unpaired) electrons. The third kappa shape index (κ3) is 4.29. The lowest BCUT2D eigenvalue weighted by atomic mass is 10.1. The van der Waals surface area contributed by atoms with Gasteiger partial charge in [0.15, 0.2) is 17.3 Å².